The molecule has 1 atom stereocenters. The number of aromatic nitrogens is 2. The lowest BCUT2D eigenvalue weighted by Crippen LogP contribution is -2.36. The van der Waals surface area contributed by atoms with Crippen molar-refractivity contribution in [2.24, 2.45) is 0 Å². The standard InChI is InChI=1S/C15H16N4O2S/c20-14(16-10-12-8-4-5-9-21-12)18-15-17-13(19-22-15)11-6-2-1-3-7-11/h1-3,5-7,9,12H,4,8,10H2,(H2,16,17,18,19,20)/t12-/m1/s1. The molecule has 0 aliphatic carbocycles. The fourth-order valence-corrected chi connectivity index (χ4v) is 2.65. The molecule has 0 radical (unpaired) electrons. The molecule has 0 unspecified atom stereocenters. The van der Waals surface area contributed by atoms with Gasteiger partial charge < -0.3 is 10.1 Å². The number of hydrogen-bond acceptors (Lipinski definition) is 5. The number of amides is 2. The summed E-state index contributed by atoms with van der Waals surface area (Å²) >= 11 is 1.16. The molecule has 2 heterocycles. The largest absolute Gasteiger partial charge is 0.497 e. The van der Waals surface area contributed by atoms with E-state index in [1.165, 1.54) is 0 Å². The number of carbonyl (C=O) groups excluding carboxylic acids is 1. The van der Waals surface area contributed by atoms with Crippen LogP contribution in [0.15, 0.2) is 42.7 Å². The first kappa shape index (κ1) is 14.5. The Labute approximate surface area is 132 Å². The second-order valence-corrected chi connectivity index (χ2v) is 5.58. The highest BCUT2D eigenvalue weighted by molar-refractivity contribution is 7.10. The number of anilines is 1. The van der Waals surface area contributed by atoms with Gasteiger partial charge in [-0.3, -0.25) is 5.32 Å². The molecule has 2 aromatic rings. The van der Waals surface area contributed by atoms with Crippen molar-refractivity contribution in [2.75, 3.05) is 11.9 Å². The maximum absolute atomic E-state index is 11.8. The summed E-state index contributed by atoms with van der Waals surface area (Å²) < 4.78 is 9.64. The number of urea groups is 1. The molecular formula is C15H16N4O2S. The van der Waals surface area contributed by atoms with E-state index in [0.29, 0.717) is 17.5 Å². The molecule has 0 fully saturated rings. The smallest absolute Gasteiger partial charge is 0.321 e. The van der Waals surface area contributed by atoms with Crippen molar-refractivity contribution in [3.63, 3.8) is 0 Å². The van der Waals surface area contributed by atoms with Crippen LogP contribution >= 0.6 is 11.5 Å². The Balaban J connectivity index is 1.51. The third kappa shape index (κ3) is 3.82. The lowest BCUT2D eigenvalue weighted by atomic mass is 10.1. The molecule has 0 saturated heterocycles. The van der Waals surface area contributed by atoms with Gasteiger partial charge in [-0.2, -0.15) is 9.36 Å². The van der Waals surface area contributed by atoms with Gasteiger partial charge in [0.25, 0.3) is 0 Å². The van der Waals surface area contributed by atoms with Gasteiger partial charge in [0, 0.05) is 17.1 Å². The molecule has 6 nitrogen and oxygen atoms in total. The van der Waals surface area contributed by atoms with Crippen LogP contribution in [0.3, 0.4) is 0 Å². The van der Waals surface area contributed by atoms with E-state index in [-0.39, 0.29) is 12.1 Å². The Bertz CT molecular complexity index is 657. The predicted octanol–water partition coefficient (Wildman–Crippen LogP) is 3.02. The second kappa shape index (κ2) is 7.04. The average molecular weight is 316 g/mol. The molecule has 2 amide bonds. The summed E-state index contributed by atoms with van der Waals surface area (Å²) in [5.74, 6) is 0.613. The number of hydrogen-bond donors (Lipinski definition) is 2. The first-order valence-corrected chi connectivity index (χ1v) is 7.83. The molecule has 2 N–H and O–H groups in total. The van der Waals surface area contributed by atoms with Crippen molar-refractivity contribution in [1.82, 2.24) is 14.7 Å². The summed E-state index contributed by atoms with van der Waals surface area (Å²) in [7, 11) is 0. The molecule has 0 spiro atoms. The van der Waals surface area contributed by atoms with Gasteiger partial charge in [-0.1, -0.05) is 30.3 Å². The van der Waals surface area contributed by atoms with Crippen LogP contribution in [0.4, 0.5) is 9.93 Å². The van der Waals surface area contributed by atoms with Crippen molar-refractivity contribution in [2.45, 2.75) is 18.9 Å². The predicted molar refractivity (Wildman–Crippen MR) is 85.6 cm³/mol. The fraction of sp³-hybridized carbons (Fsp3) is 0.267. The second-order valence-electron chi connectivity index (χ2n) is 4.83. The zero-order valence-electron chi connectivity index (χ0n) is 11.9. The Morgan fingerprint density at radius 3 is 3.00 bits per heavy atom. The zero-order valence-corrected chi connectivity index (χ0v) is 12.7. The van der Waals surface area contributed by atoms with Gasteiger partial charge >= 0.3 is 6.03 Å². The van der Waals surface area contributed by atoms with E-state index in [0.717, 1.165) is 29.9 Å². The zero-order chi connectivity index (χ0) is 15.2. The number of nitrogens with one attached hydrogen (secondary N) is 2. The number of ether oxygens (including phenoxy) is 1. The third-order valence-corrected chi connectivity index (χ3v) is 3.82. The Kier molecular flexibility index (Phi) is 4.65. The van der Waals surface area contributed by atoms with Crippen LogP contribution in [-0.4, -0.2) is 28.0 Å². The lowest BCUT2D eigenvalue weighted by Gasteiger charge is -2.19. The van der Waals surface area contributed by atoms with Gasteiger partial charge in [-0.25, -0.2) is 4.79 Å². The van der Waals surface area contributed by atoms with Crippen LogP contribution in [-0.2, 0) is 4.74 Å². The number of allylic oxidation sites excluding steroid dienone is 1. The van der Waals surface area contributed by atoms with E-state index in [9.17, 15) is 4.79 Å². The summed E-state index contributed by atoms with van der Waals surface area (Å²) in [6, 6.07) is 9.35. The highest BCUT2D eigenvalue weighted by Gasteiger charge is 2.13. The highest BCUT2D eigenvalue weighted by atomic mass is 32.1. The van der Waals surface area contributed by atoms with Gasteiger partial charge in [-0.15, -0.1) is 0 Å². The van der Waals surface area contributed by atoms with Crippen LogP contribution in [0, 0.1) is 0 Å². The quantitative estimate of drug-likeness (QED) is 0.909. The monoisotopic (exact) mass is 316 g/mol. The molecule has 3 rings (SSSR count). The van der Waals surface area contributed by atoms with Crippen molar-refractivity contribution in [1.29, 1.82) is 0 Å². The first-order valence-electron chi connectivity index (χ1n) is 7.06. The van der Waals surface area contributed by atoms with E-state index in [1.807, 2.05) is 36.4 Å². The Morgan fingerprint density at radius 1 is 1.36 bits per heavy atom. The fourth-order valence-electron chi connectivity index (χ4n) is 2.06. The van der Waals surface area contributed by atoms with Crippen LogP contribution in [0.25, 0.3) is 11.4 Å². The summed E-state index contributed by atoms with van der Waals surface area (Å²) in [5, 5.41) is 5.95. The minimum atomic E-state index is -0.297. The SMILES string of the molecule is O=C(NC[C@H]1CCC=CO1)Nc1nc(-c2ccccc2)ns1. The molecule has 114 valence electrons. The summed E-state index contributed by atoms with van der Waals surface area (Å²) in [6.07, 6.45) is 5.58. The average Bonchev–Trinajstić information content (AvgIpc) is 3.03. The maximum atomic E-state index is 11.8. The van der Waals surface area contributed by atoms with Crippen molar-refractivity contribution in [3.05, 3.63) is 42.7 Å². The first-order chi connectivity index (χ1) is 10.8. The Hall–Kier alpha value is -2.41. The van der Waals surface area contributed by atoms with E-state index in [4.69, 9.17) is 4.74 Å². The maximum Gasteiger partial charge on any atom is 0.321 e. The molecule has 0 saturated carbocycles. The molecule has 1 aliphatic rings. The minimum absolute atomic E-state index is 0.0325. The molecule has 1 aromatic heterocycles. The van der Waals surface area contributed by atoms with E-state index >= 15 is 0 Å². The van der Waals surface area contributed by atoms with Gasteiger partial charge in [0.15, 0.2) is 5.82 Å². The van der Waals surface area contributed by atoms with Crippen molar-refractivity contribution in [3.8, 4) is 11.4 Å². The van der Waals surface area contributed by atoms with E-state index in [1.54, 1.807) is 6.26 Å². The van der Waals surface area contributed by atoms with Crippen LogP contribution in [0.1, 0.15) is 12.8 Å². The van der Waals surface area contributed by atoms with E-state index < -0.39 is 0 Å². The topological polar surface area (TPSA) is 76.1 Å². The molecule has 22 heavy (non-hydrogen) atoms. The number of benzene rings is 1. The highest BCUT2D eigenvalue weighted by Crippen LogP contribution is 2.20. The normalized spacial score (nSPS) is 16.8. The summed E-state index contributed by atoms with van der Waals surface area (Å²) in [6.45, 7) is 0.473. The molecular weight excluding hydrogens is 300 g/mol. The van der Waals surface area contributed by atoms with Crippen LogP contribution < -0.4 is 10.6 Å². The molecule has 1 aliphatic heterocycles. The van der Waals surface area contributed by atoms with Crippen LogP contribution in [0.5, 0.6) is 0 Å². The third-order valence-electron chi connectivity index (χ3n) is 3.19. The van der Waals surface area contributed by atoms with Gasteiger partial charge in [0.1, 0.15) is 6.10 Å². The summed E-state index contributed by atoms with van der Waals surface area (Å²) in [5.41, 5.74) is 0.926. The molecule has 7 heteroatoms. The van der Waals surface area contributed by atoms with Gasteiger partial charge in [0.2, 0.25) is 5.13 Å². The number of nitrogens with zero attached hydrogens (tertiary/aromatic N) is 2. The summed E-state index contributed by atoms with van der Waals surface area (Å²) in [4.78, 5) is 16.2. The lowest BCUT2D eigenvalue weighted by molar-refractivity contribution is 0.124. The van der Waals surface area contributed by atoms with Crippen molar-refractivity contribution >= 4 is 22.7 Å². The molecule has 0 bridgehead atoms. The van der Waals surface area contributed by atoms with Crippen molar-refractivity contribution < 1.29 is 9.53 Å². The number of rotatable bonds is 4. The van der Waals surface area contributed by atoms with E-state index in [2.05, 4.69) is 20.0 Å². The number of carbonyl (C=O) groups is 1. The van der Waals surface area contributed by atoms with Gasteiger partial charge in [-0.05, 0) is 18.9 Å². The van der Waals surface area contributed by atoms with Crippen LogP contribution in [0.2, 0.25) is 0 Å². The molecule has 1 aromatic carbocycles. The Morgan fingerprint density at radius 2 is 2.23 bits per heavy atom. The minimum Gasteiger partial charge on any atom is -0.497 e. The van der Waals surface area contributed by atoms with Gasteiger partial charge in [0.05, 0.1) is 12.8 Å².